The van der Waals surface area contributed by atoms with Crippen LogP contribution in [0.1, 0.15) is 22.3 Å². The van der Waals surface area contributed by atoms with Gasteiger partial charge in [0.15, 0.2) is 0 Å². The van der Waals surface area contributed by atoms with Crippen molar-refractivity contribution in [2.75, 3.05) is 0 Å². The highest BCUT2D eigenvalue weighted by Crippen LogP contribution is 2.46. The highest BCUT2D eigenvalue weighted by molar-refractivity contribution is 7.07. The minimum Gasteiger partial charge on any atom is -0.0622 e. The molecular weight excluding hydrogens is 657 g/mol. The van der Waals surface area contributed by atoms with Crippen molar-refractivity contribution < 1.29 is 0 Å². The Labute approximate surface area is 307 Å². The van der Waals surface area contributed by atoms with Crippen LogP contribution in [0.5, 0.6) is 0 Å². The normalized spacial score (nSPS) is 16.1. The standard InChI is InChI=1S/C50H36Si2/c1-3-12-33(13-4-1)35-22-24-41-44-28-48-49(43-20-11-21-45(50(43)44)51(46(41)26-35)29-37-16-7-8-17-38(37)30-51)42-25-23-36(34-14-5-2-6-15-34)27-47(42)52(48)31-39-18-9-10-19-40(39)32-52/h1-28H,29-32H2. The van der Waals surface area contributed by atoms with Crippen LogP contribution < -0.4 is 20.7 Å². The van der Waals surface area contributed by atoms with Gasteiger partial charge in [-0.2, -0.15) is 0 Å². The summed E-state index contributed by atoms with van der Waals surface area (Å²) in [5, 5.41) is 9.62. The zero-order chi connectivity index (χ0) is 34.0. The maximum absolute atomic E-state index is 2.74. The summed E-state index contributed by atoms with van der Waals surface area (Å²) in [7, 11) is -4.42. The summed E-state index contributed by atoms with van der Waals surface area (Å²) < 4.78 is 0. The van der Waals surface area contributed by atoms with Crippen molar-refractivity contribution in [3.05, 3.63) is 192 Å². The molecule has 0 saturated heterocycles. The summed E-state index contributed by atoms with van der Waals surface area (Å²) in [6.45, 7) is 0. The first-order valence-corrected chi connectivity index (χ1v) is 23.7. The second-order valence-electron chi connectivity index (χ2n) is 15.7. The minimum atomic E-state index is -2.22. The van der Waals surface area contributed by atoms with Crippen molar-refractivity contribution in [1.29, 1.82) is 0 Å². The number of rotatable bonds is 2. The van der Waals surface area contributed by atoms with Crippen molar-refractivity contribution in [2.45, 2.75) is 24.2 Å². The molecule has 0 unspecified atom stereocenters. The van der Waals surface area contributed by atoms with E-state index in [1.54, 1.807) is 54.0 Å². The van der Waals surface area contributed by atoms with Crippen molar-refractivity contribution in [1.82, 2.24) is 0 Å². The fourth-order valence-electron chi connectivity index (χ4n) is 11.0. The van der Waals surface area contributed by atoms with E-state index < -0.39 is 16.1 Å². The zero-order valence-electron chi connectivity index (χ0n) is 29.0. The third kappa shape index (κ3) is 3.81. The lowest BCUT2D eigenvalue weighted by Crippen LogP contribution is -2.63. The highest BCUT2D eigenvalue weighted by Gasteiger charge is 2.52. The molecule has 52 heavy (non-hydrogen) atoms. The van der Waals surface area contributed by atoms with Gasteiger partial charge in [0, 0.05) is 0 Å². The predicted molar refractivity (Wildman–Crippen MR) is 223 cm³/mol. The van der Waals surface area contributed by atoms with Gasteiger partial charge in [-0.1, -0.05) is 170 Å². The number of fused-ring (bicyclic) bond motifs is 12. The molecule has 0 fully saturated rings. The predicted octanol–water partition coefficient (Wildman–Crippen LogP) is 9.02. The molecule has 0 N–H and O–H groups in total. The Morgan fingerprint density at radius 1 is 0.308 bits per heavy atom. The van der Waals surface area contributed by atoms with Gasteiger partial charge in [0.1, 0.15) is 16.1 Å². The lowest BCUT2D eigenvalue weighted by atomic mass is 9.90. The van der Waals surface area contributed by atoms with E-state index in [4.69, 9.17) is 0 Å². The minimum absolute atomic E-state index is 1.18. The van der Waals surface area contributed by atoms with Crippen LogP contribution >= 0.6 is 0 Å². The molecule has 0 bridgehead atoms. The molecule has 0 nitrogen and oxygen atoms in total. The van der Waals surface area contributed by atoms with Crippen LogP contribution in [0.4, 0.5) is 0 Å². The van der Waals surface area contributed by atoms with Crippen molar-refractivity contribution >= 4 is 47.7 Å². The molecule has 0 atom stereocenters. The molecule has 0 aliphatic carbocycles. The van der Waals surface area contributed by atoms with Crippen LogP contribution in [0.3, 0.4) is 0 Å². The number of hydrogen-bond donors (Lipinski definition) is 0. The lowest BCUT2D eigenvalue weighted by molar-refractivity contribution is 1.35. The first-order valence-electron chi connectivity index (χ1n) is 18.9. The summed E-state index contributed by atoms with van der Waals surface area (Å²) in [5.41, 5.74) is 17.5. The van der Waals surface area contributed by atoms with E-state index in [1.165, 1.54) is 68.5 Å². The van der Waals surface area contributed by atoms with Crippen molar-refractivity contribution in [2.24, 2.45) is 0 Å². The molecule has 0 aromatic heterocycles. The van der Waals surface area contributed by atoms with Crippen LogP contribution in [0, 0.1) is 0 Å². The molecule has 2 spiro atoms. The van der Waals surface area contributed by atoms with Crippen LogP contribution in [0.2, 0.25) is 0 Å². The fraction of sp³-hybridized carbons (Fsp3) is 0.0800. The van der Waals surface area contributed by atoms with Gasteiger partial charge in [0.25, 0.3) is 0 Å². The molecule has 244 valence electrons. The van der Waals surface area contributed by atoms with Crippen molar-refractivity contribution in [3.63, 3.8) is 0 Å². The Bertz CT molecular complexity index is 2750. The molecule has 2 heteroatoms. The SMILES string of the molecule is c1ccc(-c2ccc3c(c2)[Si]2(Cc4ccccc4C2)c2cc4c5c(cccc5c2-3)[Si]2(Cc3ccccc3C2)c2cc(-c3ccccc3)ccc2-4)cc1. The van der Waals surface area contributed by atoms with Crippen LogP contribution in [0.25, 0.3) is 55.3 Å². The van der Waals surface area contributed by atoms with E-state index >= 15 is 0 Å². The Hall–Kier alpha value is -5.55. The molecule has 12 rings (SSSR count). The largest absolute Gasteiger partial charge is 0.128 e. The smallest absolute Gasteiger partial charge is 0.0622 e. The molecule has 8 aromatic carbocycles. The van der Waals surface area contributed by atoms with E-state index in [0.717, 1.165) is 0 Å². The Kier molecular flexibility index (Phi) is 5.88. The summed E-state index contributed by atoms with van der Waals surface area (Å²) >= 11 is 0. The van der Waals surface area contributed by atoms with E-state index in [9.17, 15) is 0 Å². The van der Waals surface area contributed by atoms with E-state index in [2.05, 4.69) is 170 Å². The van der Waals surface area contributed by atoms with Crippen LogP contribution in [-0.4, -0.2) is 16.1 Å². The Morgan fingerprint density at radius 2 is 0.788 bits per heavy atom. The van der Waals surface area contributed by atoms with Gasteiger partial charge in [-0.25, -0.2) is 0 Å². The molecule has 0 amide bonds. The number of hydrogen-bond acceptors (Lipinski definition) is 0. The summed E-state index contributed by atoms with van der Waals surface area (Å²) in [5.74, 6) is 0. The first-order chi connectivity index (χ1) is 25.7. The van der Waals surface area contributed by atoms with Gasteiger partial charge in [0.2, 0.25) is 0 Å². The van der Waals surface area contributed by atoms with Gasteiger partial charge in [0.05, 0.1) is 0 Å². The molecule has 4 heterocycles. The van der Waals surface area contributed by atoms with E-state index in [0.29, 0.717) is 0 Å². The maximum atomic E-state index is 2.74. The molecule has 4 aliphatic heterocycles. The van der Waals surface area contributed by atoms with Gasteiger partial charge in [-0.3, -0.25) is 0 Å². The van der Waals surface area contributed by atoms with Gasteiger partial charge >= 0.3 is 0 Å². The highest BCUT2D eigenvalue weighted by atomic mass is 28.3. The average Bonchev–Trinajstić information content (AvgIpc) is 3.88. The van der Waals surface area contributed by atoms with Crippen molar-refractivity contribution in [3.8, 4) is 44.5 Å². The maximum Gasteiger partial charge on any atom is 0.128 e. The quantitative estimate of drug-likeness (QED) is 0.159. The third-order valence-corrected chi connectivity index (χ3v) is 22.9. The zero-order valence-corrected chi connectivity index (χ0v) is 31.0. The Morgan fingerprint density at radius 3 is 1.35 bits per heavy atom. The van der Waals surface area contributed by atoms with Crippen LogP contribution in [0.15, 0.2) is 170 Å². The van der Waals surface area contributed by atoms with Gasteiger partial charge in [-0.05, 0) is 122 Å². The first kappa shape index (κ1) is 29.1. The number of benzene rings is 8. The fourth-order valence-corrected chi connectivity index (χ4v) is 22.0. The van der Waals surface area contributed by atoms with E-state index in [1.807, 2.05) is 0 Å². The van der Waals surface area contributed by atoms with Gasteiger partial charge in [-0.15, -0.1) is 0 Å². The second-order valence-corrected chi connectivity index (χ2v) is 23.6. The van der Waals surface area contributed by atoms with E-state index in [-0.39, 0.29) is 0 Å². The molecule has 8 aromatic rings. The lowest BCUT2D eigenvalue weighted by Gasteiger charge is -2.38. The summed E-state index contributed by atoms with van der Waals surface area (Å²) in [4.78, 5) is 0. The average molecular weight is 693 g/mol. The topological polar surface area (TPSA) is 0 Å². The second kappa shape index (κ2) is 10.5. The Balaban J connectivity index is 1.17. The summed E-state index contributed by atoms with van der Waals surface area (Å²) in [6, 6.07) is 70.7. The third-order valence-electron chi connectivity index (χ3n) is 13.2. The molecule has 0 radical (unpaired) electrons. The van der Waals surface area contributed by atoms with Gasteiger partial charge < -0.3 is 0 Å². The molecule has 0 saturated carbocycles. The molecule has 4 aliphatic rings. The van der Waals surface area contributed by atoms with Crippen LogP contribution in [-0.2, 0) is 24.2 Å². The molecular formula is C50H36Si2. The monoisotopic (exact) mass is 692 g/mol. The summed E-state index contributed by atoms with van der Waals surface area (Å²) in [6.07, 6.45) is 0.